The Balaban J connectivity index is 1.35. The van der Waals surface area contributed by atoms with Crippen LogP contribution in [0.25, 0.3) is 10.9 Å². The molecule has 7 heteroatoms. The van der Waals surface area contributed by atoms with E-state index in [9.17, 15) is 4.39 Å². The zero-order valence-corrected chi connectivity index (χ0v) is 15.7. The zero-order chi connectivity index (χ0) is 19.5. The topological polar surface area (TPSA) is 91.5 Å². The van der Waals surface area contributed by atoms with E-state index < -0.39 is 0 Å². The van der Waals surface area contributed by atoms with Crippen molar-refractivity contribution in [3.63, 3.8) is 0 Å². The summed E-state index contributed by atoms with van der Waals surface area (Å²) >= 11 is 0. The molecule has 0 radical (unpaired) electrons. The quantitative estimate of drug-likeness (QED) is 0.626. The van der Waals surface area contributed by atoms with Crippen LogP contribution >= 0.6 is 0 Å². The van der Waals surface area contributed by atoms with E-state index in [1.54, 1.807) is 6.07 Å². The number of nitrogen functional groups attached to an aromatic ring is 2. The number of rotatable bonds is 5. The normalized spacial score (nSPS) is 19.6. The minimum Gasteiger partial charge on any atom is -0.492 e. The molecule has 0 aliphatic carbocycles. The number of nitrogens with two attached hydrogens (primary N) is 2. The predicted octanol–water partition coefficient (Wildman–Crippen LogP) is 1.81. The van der Waals surface area contributed by atoms with Gasteiger partial charge in [-0.3, -0.25) is 0 Å². The van der Waals surface area contributed by atoms with Gasteiger partial charge in [-0.2, -0.15) is 4.98 Å². The maximum Gasteiger partial charge on any atom is 0.222 e. The molecule has 2 heterocycles. The van der Waals surface area contributed by atoms with Gasteiger partial charge in [0.25, 0.3) is 0 Å². The van der Waals surface area contributed by atoms with E-state index >= 15 is 0 Å². The number of aromatic nitrogens is 2. The number of fused-ring (bicyclic) bond motifs is 1. The number of halogens is 1. The lowest BCUT2D eigenvalue weighted by molar-refractivity contribution is -0.920. The third-order valence-electron chi connectivity index (χ3n) is 5.42. The van der Waals surface area contributed by atoms with Gasteiger partial charge in [0.1, 0.15) is 23.9 Å². The van der Waals surface area contributed by atoms with E-state index in [1.807, 2.05) is 30.3 Å². The number of quaternary nitrogens is 1. The molecular weight excluding hydrogens is 357 g/mol. The molecule has 4 rings (SSSR count). The van der Waals surface area contributed by atoms with E-state index in [1.165, 1.54) is 11.0 Å². The summed E-state index contributed by atoms with van der Waals surface area (Å²) in [7, 11) is 0. The lowest BCUT2D eigenvalue weighted by Gasteiger charge is -2.29. The molecule has 1 aliphatic rings. The second kappa shape index (κ2) is 7.98. The molecule has 0 bridgehead atoms. The molecule has 0 amide bonds. The molecule has 0 unspecified atom stereocenters. The van der Waals surface area contributed by atoms with Crippen LogP contribution in [0.3, 0.4) is 0 Å². The van der Waals surface area contributed by atoms with Gasteiger partial charge in [0.2, 0.25) is 5.95 Å². The molecule has 1 aliphatic heterocycles. The number of nitrogens with one attached hydrogen (secondary N) is 1. The summed E-state index contributed by atoms with van der Waals surface area (Å²) in [6.07, 6.45) is 2.10. The molecule has 0 spiro atoms. The Morgan fingerprint density at radius 3 is 2.61 bits per heavy atom. The SMILES string of the molecule is Nc1nc(N)c2c(OCC3CC[NH+](Cc4ccccc4F)CC3)cccc2n1. The van der Waals surface area contributed by atoms with Crippen LogP contribution in [0.2, 0.25) is 0 Å². The van der Waals surface area contributed by atoms with E-state index in [0.717, 1.165) is 38.0 Å². The molecule has 146 valence electrons. The molecule has 1 fully saturated rings. The van der Waals surface area contributed by atoms with Gasteiger partial charge < -0.3 is 21.1 Å². The van der Waals surface area contributed by atoms with Crippen molar-refractivity contribution in [1.29, 1.82) is 0 Å². The maximum atomic E-state index is 13.9. The van der Waals surface area contributed by atoms with Crippen LogP contribution in [0.4, 0.5) is 16.2 Å². The molecule has 2 aromatic carbocycles. The van der Waals surface area contributed by atoms with Crippen molar-refractivity contribution in [2.75, 3.05) is 31.2 Å². The van der Waals surface area contributed by atoms with Gasteiger partial charge in [-0.25, -0.2) is 9.37 Å². The molecule has 1 saturated heterocycles. The molecule has 5 N–H and O–H groups in total. The first-order valence-electron chi connectivity index (χ1n) is 9.61. The van der Waals surface area contributed by atoms with Crippen molar-refractivity contribution in [2.24, 2.45) is 5.92 Å². The zero-order valence-electron chi connectivity index (χ0n) is 15.7. The summed E-state index contributed by atoms with van der Waals surface area (Å²) in [5.41, 5.74) is 13.2. The lowest BCUT2D eigenvalue weighted by atomic mass is 9.97. The average molecular weight is 382 g/mol. The third kappa shape index (κ3) is 3.99. The minimum absolute atomic E-state index is 0.114. The number of anilines is 2. The first kappa shape index (κ1) is 18.4. The van der Waals surface area contributed by atoms with E-state index in [4.69, 9.17) is 16.2 Å². The number of hydrogen-bond acceptors (Lipinski definition) is 5. The Bertz CT molecular complexity index is 972. The molecule has 6 nitrogen and oxygen atoms in total. The van der Waals surface area contributed by atoms with Crippen LogP contribution in [-0.2, 0) is 6.54 Å². The van der Waals surface area contributed by atoms with Crippen LogP contribution in [0.5, 0.6) is 5.75 Å². The van der Waals surface area contributed by atoms with Crippen LogP contribution in [0, 0.1) is 11.7 Å². The Kier molecular flexibility index (Phi) is 5.25. The molecule has 28 heavy (non-hydrogen) atoms. The van der Waals surface area contributed by atoms with Crippen LogP contribution in [0.1, 0.15) is 18.4 Å². The van der Waals surface area contributed by atoms with Gasteiger partial charge >= 0.3 is 0 Å². The van der Waals surface area contributed by atoms with Gasteiger partial charge in [-0.05, 0) is 18.2 Å². The summed E-state index contributed by atoms with van der Waals surface area (Å²) in [5, 5.41) is 0.708. The van der Waals surface area contributed by atoms with Crippen LogP contribution < -0.4 is 21.1 Å². The van der Waals surface area contributed by atoms with Crippen molar-refractivity contribution in [1.82, 2.24) is 9.97 Å². The van der Waals surface area contributed by atoms with Gasteiger partial charge in [-0.1, -0.05) is 24.3 Å². The first-order chi connectivity index (χ1) is 13.6. The van der Waals surface area contributed by atoms with E-state index in [0.29, 0.717) is 35.0 Å². The molecule has 0 atom stereocenters. The van der Waals surface area contributed by atoms with Gasteiger partial charge in [0, 0.05) is 24.3 Å². The van der Waals surface area contributed by atoms with Crippen LogP contribution in [0.15, 0.2) is 42.5 Å². The van der Waals surface area contributed by atoms with Gasteiger partial charge in [0.05, 0.1) is 30.6 Å². The van der Waals surface area contributed by atoms with E-state index in [-0.39, 0.29) is 11.8 Å². The highest BCUT2D eigenvalue weighted by molar-refractivity contribution is 5.94. The number of piperidine rings is 1. The highest BCUT2D eigenvalue weighted by atomic mass is 19.1. The Morgan fingerprint density at radius 2 is 1.82 bits per heavy atom. The lowest BCUT2D eigenvalue weighted by Crippen LogP contribution is -3.11. The second-order valence-electron chi connectivity index (χ2n) is 7.39. The fourth-order valence-corrected chi connectivity index (χ4v) is 3.87. The smallest absolute Gasteiger partial charge is 0.222 e. The average Bonchev–Trinajstić information content (AvgIpc) is 2.69. The number of likely N-dealkylation sites (tertiary alicyclic amines) is 1. The number of nitrogens with zero attached hydrogens (tertiary/aromatic N) is 2. The van der Waals surface area contributed by atoms with Gasteiger partial charge in [0.15, 0.2) is 0 Å². The second-order valence-corrected chi connectivity index (χ2v) is 7.39. The van der Waals surface area contributed by atoms with Crippen molar-refractivity contribution in [3.8, 4) is 5.75 Å². The predicted molar refractivity (Wildman–Crippen MR) is 107 cm³/mol. The summed E-state index contributed by atoms with van der Waals surface area (Å²) in [4.78, 5) is 9.68. The summed E-state index contributed by atoms with van der Waals surface area (Å²) in [6.45, 7) is 3.38. The van der Waals surface area contributed by atoms with Crippen molar-refractivity contribution >= 4 is 22.7 Å². The Labute approximate surface area is 163 Å². The minimum atomic E-state index is -0.114. The molecule has 3 aromatic rings. The standard InChI is InChI=1S/C21H24FN5O/c22-16-5-2-1-4-15(16)12-27-10-8-14(9-11-27)13-28-18-7-3-6-17-19(18)20(23)26-21(24)25-17/h1-7,14H,8-13H2,(H4,23,24,25,26)/p+1. The largest absolute Gasteiger partial charge is 0.492 e. The fourth-order valence-electron chi connectivity index (χ4n) is 3.87. The number of benzene rings is 2. The molecule has 0 saturated carbocycles. The third-order valence-corrected chi connectivity index (χ3v) is 5.42. The van der Waals surface area contributed by atoms with Crippen molar-refractivity contribution in [3.05, 3.63) is 53.8 Å². The number of hydrogen-bond donors (Lipinski definition) is 3. The first-order valence-corrected chi connectivity index (χ1v) is 9.61. The highest BCUT2D eigenvalue weighted by Crippen LogP contribution is 2.29. The van der Waals surface area contributed by atoms with Crippen molar-refractivity contribution < 1.29 is 14.0 Å². The fraction of sp³-hybridized carbons (Fsp3) is 0.333. The van der Waals surface area contributed by atoms with Crippen LogP contribution in [-0.4, -0.2) is 29.7 Å². The monoisotopic (exact) mass is 382 g/mol. The summed E-state index contributed by atoms with van der Waals surface area (Å²) in [6, 6.07) is 12.6. The maximum absolute atomic E-state index is 13.9. The van der Waals surface area contributed by atoms with Gasteiger partial charge in [-0.15, -0.1) is 0 Å². The summed E-state index contributed by atoms with van der Waals surface area (Å²) in [5.74, 6) is 1.54. The van der Waals surface area contributed by atoms with Crippen molar-refractivity contribution in [2.45, 2.75) is 19.4 Å². The molecule has 1 aromatic heterocycles. The Hall–Kier alpha value is -2.93. The highest BCUT2D eigenvalue weighted by Gasteiger charge is 2.24. The summed E-state index contributed by atoms with van der Waals surface area (Å²) < 4.78 is 19.9. The molecular formula is C21H25FN5O+. The Morgan fingerprint density at radius 1 is 1.04 bits per heavy atom. The number of ether oxygens (including phenoxy) is 1. The van der Waals surface area contributed by atoms with E-state index in [2.05, 4.69) is 9.97 Å².